The molecule has 2 aromatic rings. The van der Waals surface area contributed by atoms with Gasteiger partial charge in [0.05, 0.1) is 18.6 Å². The first-order chi connectivity index (χ1) is 10.5. The van der Waals surface area contributed by atoms with Crippen LogP contribution < -0.4 is 5.56 Å². The van der Waals surface area contributed by atoms with E-state index in [1.807, 2.05) is 38.1 Å². The number of hydrogen-bond donors (Lipinski definition) is 1. The van der Waals surface area contributed by atoms with Gasteiger partial charge in [-0.3, -0.25) is 9.59 Å². The van der Waals surface area contributed by atoms with Crippen LogP contribution in [0.1, 0.15) is 19.4 Å². The van der Waals surface area contributed by atoms with E-state index in [0.29, 0.717) is 18.7 Å². The Morgan fingerprint density at radius 3 is 2.68 bits per heavy atom. The number of hydrogen-bond acceptors (Lipinski definition) is 3. The van der Waals surface area contributed by atoms with Crippen molar-refractivity contribution in [3.8, 4) is 0 Å². The average Bonchev–Trinajstić information content (AvgIpc) is 2.47. The molecule has 1 aliphatic heterocycles. The van der Waals surface area contributed by atoms with Crippen LogP contribution in [-0.4, -0.2) is 41.1 Å². The summed E-state index contributed by atoms with van der Waals surface area (Å²) in [6.45, 7) is 5.07. The van der Waals surface area contributed by atoms with Gasteiger partial charge in [0.2, 0.25) is 5.91 Å². The number of para-hydroxylation sites is 1. The predicted octanol–water partition coefficient (Wildman–Crippen LogP) is 1.71. The maximum absolute atomic E-state index is 12.5. The normalized spacial score (nSPS) is 22.0. The first-order valence-corrected chi connectivity index (χ1v) is 7.57. The number of carbonyl (C=O) groups excluding carboxylic acids is 1. The van der Waals surface area contributed by atoms with Gasteiger partial charge in [0.15, 0.2) is 0 Å². The minimum absolute atomic E-state index is 0.0252. The number of ether oxygens (including phenoxy) is 1. The molecule has 0 saturated carbocycles. The number of fused-ring (bicyclic) bond motifs is 1. The van der Waals surface area contributed by atoms with Crippen LogP contribution in [-0.2, 0) is 16.0 Å². The minimum Gasteiger partial charge on any atom is -0.372 e. The lowest BCUT2D eigenvalue weighted by Gasteiger charge is -2.35. The molecule has 1 aromatic heterocycles. The number of benzene rings is 1. The number of aromatic nitrogens is 1. The number of carbonyl (C=O) groups is 1. The second-order valence-corrected chi connectivity index (χ2v) is 5.94. The van der Waals surface area contributed by atoms with Gasteiger partial charge < -0.3 is 14.6 Å². The van der Waals surface area contributed by atoms with Crippen LogP contribution >= 0.6 is 0 Å². The Kier molecular flexibility index (Phi) is 3.98. The van der Waals surface area contributed by atoms with Gasteiger partial charge in [0, 0.05) is 24.2 Å². The number of rotatable bonds is 2. The highest BCUT2D eigenvalue weighted by molar-refractivity contribution is 5.82. The molecule has 2 atom stereocenters. The van der Waals surface area contributed by atoms with Crippen molar-refractivity contribution < 1.29 is 9.53 Å². The molecule has 1 aliphatic rings. The van der Waals surface area contributed by atoms with Crippen molar-refractivity contribution in [2.45, 2.75) is 32.5 Å². The fourth-order valence-corrected chi connectivity index (χ4v) is 2.98. The predicted molar refractivity (Wildman–Crippen MR) is 84.9 cm³/mol. The van der Waals surface area contributed by atoms with Crippen molar-refractivity contribution in [3.63, 3.8) is 0 Å². The summed E-state index contributed by atoms with van der Waals surface area (Å²) in [5, 5.41) is 0.939. The van der Waals surface area contributed by atoms with E-state index in [0.717, 1.165) is 10.9 Å². The minimum atomic E-state index is -0.193. The van der Waals surface area contributed by atoms with Crippen LogP contribution in [0.15, 0.2) is 35.1 Å². The first kappa shape index (κ1) is 14.8. The maximum atomic E-state index is 12.5. The fourth-order valence-electron chi connectivity index (χ4n) is 2.98. The SMILES string of the molecule is C[C@@H]1CN(C(=O)Cc2cc3ccccc3[nH]c2=O)C[C@@H](C)O1. The summed E-state index contributed by atoms with van der Waals surface area (Å²) < 4.78 is 5.64. The molecule has 1 fully saturated rings. The highest BCUT2D eigenvalue weighted by Crippen LogP contribution is 2.14. The molecule has 0 aliphatic carbocycles. The molecule has 116 valence electrons. The molecule has 1 amide bonds. The van der Waals surface area contributed by atoms with E-state index < -0.39 is 0 Å². The summed E-state index contributed by atoms with van der Waals surface area (Å²) >= 11 is 0. The van der Waals surface area contributed by atoms with Crippen molar-refractivity contribution in [2.75, 3.05) is 13.1 Å². The third kappa shape index (κ3) is 3.04. The zero-order valence-corrected chi connectivity index (χ0v) is 12.8. The molecule has 3 rings (SSSR count). The van der Waals surface area contributed by atoms with Crippen molar-refractivity contribution in [2.24, 2.45) is 0 Å². The number of morpholine rings is 1. The second-order valence-electron chi connectivity index (χ2n) is 5.94. The Hall–Kier alpha value is -2.14. The monoisotopic (exact) mass is 300 g/mol. The number of aromatic amines is 1. The van der Waals surface area contributed by atoms with E-state index in [2.05, 4.69) is 4.98 Å². The Morgan fingerprint density at radius 1 is 1.27 bits per heavy atom. The molecule has 5 nitrogen and oxygen atoms in total. The highest BCUT2D eigenvalue weighted by atomic mass is 16.5. The van der Waals surface area contributed by atoms with Crippen LogP contribution in [0.3, 0.4) is 0 Å². The Balaban J connectivity index is 1.82. The van der Waals surface area contributed by atoms with Crippen molar-refractivity contribution in [3.05, 3.63) is 46.2 Å². The van der Waals surface area contributed by atoms with Gasteiger partial charge in [-0.25, -0.2) is 0 Å². The van der Waals surface area contributed by atoms with Gasteiger partial charge in [0.1, 0.15) is 0 Å². The van der Waals surface area contributed by atoms with Crippen LogP contribution in [0.4, 0.5) is 0 Å². The number of nitrogens with one attached hydrogen (secondary N) is 1. The van der Waals surface area contributed by atoms with Crippen molar-refractivity contribution >= 4 is 16.8 Å². The molecule has 0 spiro atoms. The van der Waals surface area contributed by atoms with E-state index in [1.165, 1.54) is 0 Å². The summed E-state index contributed by atoms with van der Waals surface area (Å²) in [6, 6.07) is 9.38. The third-order valence-electron chi connectivity index (χ3n) is 3.94. The fraction of sp³-hybridized carbons (Fsp3) is 0.412. The standard InChI is InChI=1S/C17H20N2O3/c1-11-9-19(10-12(2)22-11)16(20)8-14-7-13-5-3-4-6-15(13)18-17(14)21/h3-7,11-12H,8-10H2,1-2H3,(H,18,21)/t11-,12-/m1/s1. The lowest BCUT2D eigenvalue weighted by molar-refractivity contribution is -0.142. The first-order valence-electron chi connectivity index (χ1n) is 7.57. The van der Waals surface area contributed by atoms with Crippen molar-refractivity contribution in [1.82, 2.24) is 9.88 Å². The number of amides is 1. The van der Waals surface area contributed by atoms with Gasteiger partial charge in [-0.2, -0.15) is 0 Å². The van der Waals surface area contributed by atoms with E-state index in [1.54, 1.807) is 11.0 Å². The molecule has 22 heavy (non-hydrogen) atoms. The van der Waals surface area contributed by atoms with Gasteiger partial charge in [-0.05, 0) is 31.4 Å². The molecule has 0 radical (unpaired) electrons. The van der Waals surface area contributed by atoms with E-state index in [9.17, 15) is 9.59 Å². The molecular weight excluding hydrogens is 280 g/mol. The Morgan fingerprint density at radius 2 is 1.95 bits per heavy atom. The maximum Gasteiger partial charge on any atom is 0.252 e. The lowest BCUT2D eigenvalue weighted by atomic mass is 10.1. The zero-order valence-electron chi connectivity index (χ0n) is 12.8. The molecule has 2 heterocycles. The van der Waals surface area contributed by atoms with Gasteiger partial charge in [0.25, 0.3) is 5.56 Å². The summed E-state index contributed by atoms with van der Waals surface area (Å²) in [7, 11) is 0. The molecule has 5 heteroatoms. The Labute approximate surface area is 128 Å². The average molecular weight is 300 g/mol. The number of nitrogens with zero attached hydrogens (tertiary/aromatic N) is 1. The van der Waals surface area contributed by atoms with Crippen LogP contribution in [0.5, 0.6) is 0 Å². The third-order valence-corrected chi connectivity index (χ3v) is 3.94. The van der Waals surface area contributed by atoms with Crippen LogP contribution in [0.25, 0.3) is 10.9 Å². The second kappa shape index (κ2) is 5.93. The molecular formula is C17H20N2O3. The summed E-state index contributed by atoms with van der Waals surface area (Å²) in [5.74, 6) is -0.0252. The summed E-state index contributed by atoms with van der Waals surface area (Å²) in [5.41, 5.74) is 1.11. The number of pyridine rings is 1. The molecule has 1 saturated heterocycles. The lowest BCUT2D eigenvalue weighted by Crippen LogP contribution is -2.48. The largest absolute Gasteiger partial charge is 0.372 e. The summed E-state index contributed by atoms with van der Waals surface area (Å²) in [6.07, 6.45) is 0.185. The molecule has 0 bridgehead atoms. The van der Waals surface area contributed by atoms with Gasteiger partial charge in [-0.15, -0.1) is 0 Å². The quantitative estimate of drug-likeness (QED) is 0.918. The van der Waals surface area contributed by atoms with E-state index >= 15 is 0 Å². The van der Waals surface area contributed by atoms with Crippen LogP contribution in [0, 0.1) is 0 Å². The number of H-pyrrole nitrogens is 1. The zero-order chi connectivity index (χ0) is 15.7. The van der Waals surface area contributed by atoms with E-state index in [-0.39, 0.29) is 30.1 Å². The van der Waals surface area contributed by atoms with Crippen LogP contribution in [0.2, 0.25) is 0 Å². The molecule has 1 N–H and O–H groups in total. The molecule has 1 aromatic carbocycles. The van der Waals surface area contributed by atoms with E-state index in [4.69, 9.17) is 4.74 Å². The smallest absolute Gasteiger partial charge is 0.252 e. The van der Waals surface area contributed by atoms with Gasteiger partial charge in [-0.1, -0.05) is 18.2 Å². The summed E-state index contributed by atoms with van der Waals surface area (Å²) in [4.78, 5) is 29.2. The molecule has 0 unspecified atom stereocenters. The van der Waals surface area contributed by atoms with Crippen molar-refractivity contribution in [1.29, 1.82) is 0 Å². The highest BCUT2D eigenvalue weighted by Gasteiger charge is 2.26. The topological polar surface area (TPSA) is 62.4 Å². The van der Waals surface area contributed by atoms with Gasteiger partial charge >= 0.3 is 0 Å². The Bertz CT molecular complexity index is 743.